The lowest BCUT2D eigenvalue weighted by Crippen LogP contribution is -2.96. The quantitative estimate of drug-likeness (QED) is 0.793. The van der Waals surface area contributed by atoms with Crippen LogP contribution >= 0.6 is 0 Å². The maximum absolute atomic E-state index is 13.7. The molecule has 29 heavy (non-hydrogen) atoms. The van der Waals surface area contributed by atoms with Crippen LogP contribution in [0.2, 0.25) is 0 Å². The molecule has 6 atom stereocenters. The lowest BCUT2D eigenvalue weighted by atomic mass is 9.05. The third-order valence-corrected chi connectivity index (χ3v) is 10.7. The number of hydrogen-bond donors (Lipinski definition) is 2. The molecule has 0 aliphatic heterocycles. The molecule has 1 aromatic rings. The molecule has 0 heterocycles. The molecular formula is C26H34N2O. The monoisotopic (exact) mass is 390 g/mol. The van der Waals surface area contributed by atoms with Crippen LogP contribution < -0.4 is 11.1 Å². The summed E-state index contributed by atoms with van der Waals surface area (Å²) >= 11 is 0. The molecule has 6 saturated carbocycles. The fourth-order valence-corrected chi connectivity index (χ4v) is 9.52. The summed E-state index contributed by atoms with van der Waals surface area (Å²) in [5.74, 6) is 3.99. The summed E-state index contributed by atoms with van der Waals surface area (Å²) in [6.07, 6.45) is 12.3. The molecule has 6 unspecified atom stereocenters. The van der Waals surface area contributed by atoms with Crippen molar-refractivity contribution in [3.8, 4) is 0 Å². The van der Waals surface area contributed by atoms with E-state index >= 15 is 0 Å². The van der Waals surface area contributed by atoms with E-state index in [1.54, 1.807) is 0 Å². The standard InChI is InChI=1S/C26H34N2O/c27-18-8-10-19(11-9-18)28-23(29)25-14-22-20(12-16-6-7-16)21-13-24(15-25,26(21,22)25)17-4-2-1-3-5-17/h1-5,16,18-22H,6-15,27H2,(H,28,29). The van der Waals surface area contributed by atoms with Crippen molar-refractivity contribution < 1.29 is 4.79 Å². The molecule has 1 spiro atoms. The third kappa shape index (κ3) is 1.85. The normalized spacial score (nSPS) is 51.3. The van der Waals surface area contributed by atoms with Crippen molar-refractivity contribution in [2.24, 2.45) is 40.2 Å². The van der Waals surface area contributed by atoms with Crippen molar-refractivity contribution in [2.75, 3.05) is 0 Å². The molecule has 6 aliphatic rings. The van der Waals surface area contributed by atoms with Crippen LogP contribution in [0.4, 0.5) is 0 Å². The number of amides is 1. The van der Waals surface area contributed by atoms with Crippen LogP contribution in [0.25, 0.3) is 0 Å². The molecule has 6 fully saturated rings. The highest BCUT2D eigenvalue weighted by molar-refractivity contribution is 5.90. The van der Waals surface area contributed by atoms with E-state index in [-0.39, 0.29) is 5.41 Å². The Kier molecular flexibility index (Phi) is 3.27. The van der Waals surface area contributed by atoms with Gasteiger partial charge < -0.3 is 11.1 Å². The molecule has 3 nitrogen and oxygen atoms in total. The second-order valence-corrected chi connectivity index (χ2v) is 11.6. The summed E-state index contributed by atoms with van der Waals surface area (Å²) in [7, 11) is 0. The van der Waals surface area contributed by atoms with Crippen LogP contribution in [0.3, 0.4) is 0 Å². The molecule has 6 aliphatic carbocycles. The molecule has 3 N–H and O–H groups in total. The van der Waals surface area contributed by atoms with Gasteiger partial charge in [0.15, 0.2) is 0 Å². The summed E-state index contributed by atoms with van der Waals surface area (Å²) < 4.78 is 0. The highest BCUT2D eigenvalue weighted by Gasteiger charge is 2.97. The summed E-state index contributed by atoms with van der Waals surface area (Å²) in [6.45, 7) is 0. The zero-order valence-electron chi connectivity index (χ0n) is 17.4. The molecular weight excluding hydrogens is 356 g/mol. The van der Waals surface area contributed by atoms with Crippen LogP contribution in [-0.4, -0.2) is 18.0 Å². The molecule has 0 aromatic heterocycles. The minimum absolute atomic E-state index is 0.0456. The van der Waals surface area contributed by atoms with Crippen LogP contribution in [0.1, 0.15) is 69.8 Å². The van der Waals surface area contributed by atoms with Crippen molar-refractivity contribution in [3.63, 3.8) is 0 Å². The minimum Gasteiger partial charge on any atom is -0.353 e. The van der Waals surface area contributed by atoms with Gasteiger partial charge in [0.2, 0.25) is 5.91 Å². The SMILES string of the molecule is NC1CCC(NC(=O)C23CC4C(CC5CC5)C5CC(c6ccccc6)(C2)C453)CC1. The minimum atomic E-state index is -0.0456. The summed E-state index contributed by atoms with van der Waals surface area (Å²) in [5, 5.41) is 3.53. The molecule has 7 rings (SSSR count). The van der Waals surface area contributed by atoms with Gasteiger partial charge in [-0.2, -0.15) is 0 Å². The van der Waals surface area contributed by atoms with E-state index in [0.29, 0.717) is 28.8 Å². The van der Waals surface area contributed by atoms with Gasteiger partial charge in [0.25, 0.3) is 0 Å². The van der Waals surface area contributed by atoms with Gasteiger partial charge in [0, 0.05) is 22.9 Å². The maximum atomic E-state index is 13.7. The van der Waals surface area contributed by atoms with E-state index in [2.05, 4.69) is 35.6 Å². The van der Waals surface area contributed by atoms with Gasteiger partial charge in [-0.25, -0.2) is 0 Å². The Morgan fingerprint density at radius 2 is 1.72 bits per heavy atom. The average Bonchev–Trinajstić information content (AvgIpc) is 3.50. The van der Waals surface area contributed by atoms with E-state index in [9.17, 15) is 4.79 Å². The Morgan fingerprint density at radius 1 is 1.00 bits per heavy atom. The number of benzene rings is 1. The molecule has 0 saturated heterocycles. The van der Waals surface area contributed by atoms with E-state index < -0.39 is 0 Å². The zero-order valence-corrected chi connectivity index (χ0v) is 17.4. The van der Waals surface area contributed by atoms with Gasteiger partial charge in [-0.05, 0) is 80.6 Å². The third-order valence-electron chi connectivity index (χ3n) is 10.7. The van der Waals surface area contributed by atoms with Gasteiger partial charge in [0.1, 0.15) is 0 Å². The van der Waals surface area contributed by atoms with Crippen LogP contribution in [0.15, 0.2) is 30.3 Å². The second-order valence-electron chi connectivity index (χ2n) is 11.6. The van der Waals surface area contributed by atoms with E-state index in [0.717, 1.165) is 55.8 Å². The van der Waals surface area contributed by atoms with Crippen LogP contribution in [-0.2, 0) is 10.2 Å². The number of rotatable bonds is 5. The van der Waals surface area contributed by atoms with Crippen LogP contribution in [0.5, 0.6) is 0 Å². The number of nitrogens with one attached hydrogen (secondary N) is 1. The van der Waals surface area contributed by atoms with E-state index in [4.69, 9.17) is 5.73 Å². The Bertz CT molecular complexity index is 849. The van der Waals surface area contributed by atoms with E-state index in [1.807, 2.05) is 0 Å². The first kappa shape index (κ1) is 17.3. The molecule has 1 aromatic carbocycles. The zero-order chi connectivity index (χ0) is 19.4. The first-order valence-corrected chi connectivity index (χ1v) is 12.2. The fourth-order valence-electron chi connectivity index (χ4n) is 9.52. The number of nitrogens with two attached hydrogens (primary N) is 1. The predicted molar refractivity (Wildman–Crippen MR) is 113 cm³/mol. The van der Waals surface area contributed by atoms with Gasteiger partial charge in [-0.1, -0.05) is 43.2 Å². The Morgan fingerprint density at radius 3 is 2.41 bits per heavy atom. The van der Waals surface area contributed by atoms with E-state index in [1.165, 1.54) is 37.7 Å². The van der Waals surface area contributed by atoms with Crippen molar-refractivity contribution >= 4 is 5.91 Å². The number of carbonyl (C=O) groups is 1. The Hall–Kier alpha value is -1.35. The summed E-state index contributed by atoms with van der Waals surface area (Å²) in [4.78, 5) is 13.7. The Balaban J connectivity index is 1.17. The average molecular weight is 391 g/mol. The van der Waals surface area contributed by atoms with Gasteiger partial charge >= 0.3 is 0 Å². The van der Waals surface area contributed by atoms with Crippen molar-refractivity contribution in [1.29, 1.82) is 0 Å². The maximum Gasteiger partial charge on any atom is 0.227 e. The Labute approximate surface area is 174 Å². The topological polar surface area (TPSA) is 55.1 Å². The summed E-state index contributed by atoms with van der Waals surface area (Å²) in [6, 6.07) is 11.9. The van der Waals surface area contributed by atoms with Gasteiger partial charge in [-0.15, -0.1) is 0 Å². The second kappa shape index (κ2) is 5.46. The largest absolute Gasteiger partial charge is 0.353 e. The van der Waals surface area contributed by atoms with Crippen LogP contribution in [0, 0.1) is 34.5 Å². The first-order valence-electron chi connectivity index (χ1n) is 12.2. The van der Waals surface area contributed by atoms with Gasteiger partial charge in [0.05, 0.1) is 5.41 Å². The smallest absolute Gasteiger partial charge is 0.227 e. The van der Waals surface area contributed by atoms with Crippen molar-refractivity contribution in [2.45, 2.75) is 81.7 Å². The predicted octanol–water partition coefficient (Wildman–Crippen LogP) is 4.16. The molecule has 0 bridgehead atoms. The number of carbonyl (C=O) groups excluding carboxylic acids is 1. The molecule has 0 radical (unpaired) electrons. The fraction of sp³-hybridized carbons (Fsp3) is 0.731. The molecule has 154 valence electrons. The first-order chi connectivity index (χ1) is 14.1. The van der Waals surface area contributed by atoms with Crippen molar-refractivity contribution in [3.05, 3.63) is 35.9 Å². The molecule has 3 heteroatoms. The lowest BCUT2D eigenvalue weighted by molar-refractivity contribution is -0.458. The lowest BCUT2D eigenvalue weighted by Gasteiger charge is -2.97. The molecule has 1 amide bonds. The van der Waals surface area contributed by atoms with Crippen molar-refractivity contribution in [1.82, 2.24) is 5.32 Å². The highest BCUT2D eigenvalue weighted by atomic mass is 16.2. The summed E-state index contributed by atoms with van der Waals surface area (Å²) in [5.41, 5.74) is 8.19. The number of hydrogen-bond acceptors (Lipinski definition) is 2. The highest BCUT2D eigenvalue weighted by Crippen LogP contribution is 2.99. The van der Waals surface area contributed by atoms with Gasteiger partial charge in [-0.3, -0.25) is 4.79 Å².